The molecule has 2 unspecified atom stereocenters. The summed E-state index contributed by atoms with van der Waals surface area (Å²) in [5.41, 5.74) is 0. The van der Waals surface area contributed by atoms with E-state index in [1.165, 1.54) is 0 Å². The molecule has 0 aromatic heterocycles. The van der Waals surface area contributed by atoms with E-state index >= 15 is 0 Å². The van der Waals surface area contributed by atoms with Gasteiger partial charge in [-0.15, -0.1) is 0 Å². The predicted molar refractivity (Wildman–Crippen MR) is 242 cm³/mol. The Bertz CT molecular complexity index is 1310. The normalized spacial score (nSPS) is 14.0. The van der Waals surface area contributed by atoms with Crippen molar-refractivity contribution in [3.05, 3.63) is 109 Å². The van der Waals surface area contributed by atoms with Crippen LogP contribution in [0.5, 0.6) is 0 Å². The molecule has 0 aliphatic heterocycles. The van der Waals surface area contributed by atoms with Crippen molar-refractivity contribution < 1.29 is 38.2 Å². The first-order valence-electron chi connectivity index (χ1n) is 21.9. The van der Waals surface area contributed by atoms with E-state index in [9.17, 15) is 19.5 Å². The molecule has 0 aromatic carbocycles. The Labute approximate surface area is 353 Å². The number of ether oxygens (including phenoxy) is 3. The average molecular weight is 807 g/mol. The molecule has 0 aliphatic rings. The fraction of sp³-hybridized carbons (Fsp3) is 0.580. The Morgan fingerprint density at radius 2 is 0.948 bits per heavy atom. The van der Waals surface area contributed by atoms with Crippen molar-refractivity contribution in [3.8, 4) is 0 Å². The van der Waals surface area contributed by atoms with Crippen molar-refractivity contribution in [2.75, 3.05) is 41.0 Å². The van der Waals surface area contributed by atoms with E-state index in [1.807, 2.05) is 33.3 Å². The van der Waals surface area contributed by atoms with Crippen LogP contribution in [0.1, 0.15) is 136 Å². The second kappa shape index (κ2) is 39.8. The summed E-state index contributed by atoms with van der Waals surface area (Å²) >= 11 is 0. The largest absolute Gasteiger partial charge is 0.477 e. The van der Waals surface area contributed by atoms with E-state index in [-0.39, 0.29) is 36.7 Å². The summed E-state index contributed by atoms with van der Waals surface area (Å²) in [5, 5.41) is 9.62. The summed E-state index contributed by atoms with van der Waals surface area (Å²) in [7, 11) is 5.48. The minimum atomic E-state index is -0.895. The zero-order valence-corrected chi connectivity index (χ0v) is 36.9. The maximum absolute atomic E-state index is 12.7. The van der Waals surface area contributed by atoms with Crippen molar-refractivity contribution in [1.29, 1.82) is 0 Å². The SMILES string of the molecule is CC/C=C\C/C=C\C/C=C\C/C=C\C/C=C\C/C=C\CCC(=O)OC(COCCC(C(=O)O)[N+](C)(C)C)COC(=O)CCCCCCC/C=C\C/C=C\C/C=C\CC. The van der Waals surface area contributed by atoms with Crippen LogP contribution >= 0.6 is 0 Å². The summed E-state index contributed by atoms with van der Waals surface area (Å²) in [4.78, 5) is 36.9. The number of carboxylic acids is 1. The Kier molecular flexibility index (Phi) is 37.0. The number of carboxylic acid groups (broad SMARTS) is 1. The standard InChI is InChI=1S/C50H79NO7/c1-6-8-10-12-14-16-18-20-22-23-24-25-27-29-31-33-35-37-39-41-49(53)58-46(44-56-43-42-47(50(54)55)51(3,4)5)45-57-48(52)40-38-36-34-32-30-28-26-21-19-17-15-13-11-9-7-2/h8-11,14-17,20-22,24-26,29,31,35,37,46-47H,6-7,12-13,18-19,23,27-28,30,32-34,36,38-45H2,1-5H3/p+1/b10-8-,11-9-,16-14-,17-15-,22-20-,25-24-,26-21-,31-29-,37-35-. The predicted octanol–water partition coefficient (Wildman–Crippen LogP) is 12.1. The van der Waals surface area contributed by atoms with Gasteiger partial charge in [0.15, 0.2) is 12.1 Å². The Morgan fingerprint density at radius 3 is 1.41 bits per heavy atom. The Morgan fingerprint density at radius 1 is 0.517 bits per heavy atom. The molecule has 2 atom stereocenters. The Hall–Kier alpha value is -4.01. The molecule has 0 saturated carbocycles. The van der Waals surface area contributed by atoms with E-state index < -0.39 is 24.1 Å². The maximum atomic E-state index is 12.7. The summed E-state index contributed by atoms with van der Waals surface area (Å²) in [6.07, 6.45) is 54.3. The minimum absolute atomic E-state index is 0.0173. The molecule has 8 nitrogen and oxygen atoms in total. The molecule has 0 aliphatic carbocycles. The molecular weight excluding hydrogens is 727 g/mol. The second-order valence-corrected chi connectivity index (χ2v) is 15.2. The number of hydrogen-bond donors (Lipinski definition) is 1. The number of quaternary nitrogens is 1. The van der Waals surface area contributed by atoms with Crippen LogP contribution in [-0.2, 0) is 28.6 Å². The smallest absolute Gasteiger partial charge is 0.362 e. The van der Waals surface area contributed by atoms with Gasteiger partial charge in [0.25, 0.3) is 0 Å². The van der Waals surface area contributed by atoms with Crippen LogP contribution in [0.4, 0.5) is 0 Å². The molecule has 1 N–H and O–H groups in total. The number of carbonyl (C=O) groups is 3. The van der Waals surface area contributed by atoms with Crippen LogP contribution in [0, 0.1) is 0 Å². The Balaban J connectivity index is 4.53. The lowest BCUT2D eigenvalue weighted by molar-refractivity contribution is -0.887. The van der Waals surface area contributed by atoms with Gasteiger partial charge in [-0.05, 0) is 83.5 Å². The van der Waals surface area contributed by atoms with Crippen molar-refractivity contribution in [2.24, 2.45) is 0 Å². The van der Waals surface area contributed by atoms with Crippen LogP contribution in [0.15, 0.2) is 109 Å². The number of aliphatic carboxylic acids is 1. The van der Waals surface area contributed by atoms with Gasteiger partial charge in [0, 0.05) is 19.3 Å². The van der Waals surface area contributed by atoms with Gasteiger partial charge in [0.05, 0.1) is 34.4 Å². The molecule has 326 valence electrons. The summed E-state index contributed by atoms with van der Waals surface area (Å²) in [6.45, 7) is 4.38. The zero-order chi connectivity index (χ0) is 42.8. The fourth-order valence-corrected chi connectivity index (χ4v) is 5.60. The summed E-state index contributed by atoms with van der Waals surface area (Å²) < 4.78 is 17.2. The summed E-state index contributed by atoms with van der Waals surface area (Å²) in [5.74, 6) is -1.62. The number of nitrogens with zero attached hydrogens (tertiary/aromatic N) is 1. The van der Waals surface area contributed by atoms with Crippen LogP contribution in [0.2, 0.25) is 0 Å². The van der Waals surface area contributed by atoms with Gasteiger partial charge in [-0.3, -0.25) is 9.59 Å². The molecule has 0 fully saturated rings. The van der Waals surface area contributed by atoms with Gasteiger partial charge < -0.3 is 23.8 Å². The molecule has 0 bridgehead atoms. The highest BCUT2D eigenvalue weighted by molar-refractivity contribution is 5.72. The number of likely N-dealkylation sites (N-methyl/N-ethyl adjacent to an activating group) is 1. The van der Waals surface area contributed by atoms with Crippen LogP contribution in [0.3, 0.4) is 0 Å². The zero-order valence-electron chi connectivity index (χ0n) is 36.9. The topological polar surface area (TPSA) is 99.1 Å². The van der Waals surface area contributed by atoms with Crippen molar-refractivity contribution in [1.82, 2.24) is 0 Å². The lowest BCUT2D eigenvalue weighted by Gasteiger charge is -2.31. The number of allylic oxidation sites excluding steroid dienone is 18. The molecule has 8 heteroatoms. The van der Waals surface area contributed by atoms with Crippen molar-refractivity contribution in [2.45, 2.75) is 148 Å². The first-order chi connectivity index (χ1) is 28.1. The third-order valence-corrected chi connectivity index (χ3v) is 8.93. The number of carbonyl (C=O) groups excluding carboxylic acids is 2. The third kappa shape index (κ3) is 37.6. The molecule has 0 amide bonds. The lowest BCUT2D eigenvalue weighted by Crippen LogP contribution is -2.50. The number of rotatable bonds is 37. The maximum Gasteiger partial charge on any atom is 0.362 e. The summed E-state index contributed by atoms with van der Waals surface area (Å²) in [6, 6.07) is -0.637. The fourth-order valence-electron chi connectivity index (χ4n) is 5.60. The number of unbranched alkanes of at least 4 members (excludes halogenated alkanes) is 5. The van der Waals surface area contributed by atoms with E-state index in [0.717, 1.165) is 96.3 Å². The molecule has 0 rings (SSSR count). The molecule has 0 aromatic rings. The monoisotopic (exact) mass is 807 g/mol. The van der Waals surface area contributed by atoms with E-state index in [0.29, 0.717) is 19.3 Å². The van der Waals surface area contributed by atoms with Crippen LogP contribution < -0.4 is 0 Å². The van der Waals surface area contributed by atoms with Crippen molar-refractivity contribution >= 4 is 17.9 Å². The van der Waals surface area contributed by atoms with Gasteiger partial charge in [0.2, 0.25) is 0 Å². The molecular formula is C50H80NO7+. The third-order valence-electron chi connectivity index (χ3n) is 8.93. The first-order valence-corrected chi connectivity index (χ1v) is 21.9. The van der Waals surface area contributed by atoms with Crippen LogP contribution in [-0.4, -0.2) is 80.6 Å². The molecule has 0 radical (unpaired) electrons. The molecule has 0 saturated heterocycles. The molecule has 0 spiro atoms. The molecule has 58 heavy (non-hydrogen) atoms. The van der Waals surface area contributed by atoms with Crippen LogP contribution in [0.25, 0.3) is 0 Å². The van der Waals surface area contributed by atoms with E-state index in [4.69, 9.17) is 14.2 Å². The number of esters is 2. The van der Waals surface area contributed by atoms with Gasteiger partial charge in [-0.2, -0.15) is 0 Å². The molecule has 0 heterocycles. The number of hydrogen-bond acceptors (Lipinski definition) is 6. The first kappa shape index (κ1) is 54.0. The van der Waals surface area contributed by atoms with E-state index in [1.54, 1.807) is 0 Å². The van der Waals surface area contributed by atoms with E-state index in [2.05, 4.69) is 111 Å². The highest BCUT2D eigenvalue weighted by Crippen LogP contribution is 2.11. The quantitative estimate of drug-likeness (QED) is 0.0289. The highest BCUT2D eigenvalue weighted by atomic mass is 16.6. The highest BCUT2D eigenvalue weighted by Gasteiger charge is 2.31. The van der Waals surface area contributed by atoms with Gasteiger partial charge in [-0.25, -0.2) is 4.79 Å². The van der Waals surface area contributed by atoms with Gasteiger partial charge >= 0.3 is 17.9 Å². The minimum Gasteiger partial charge on any atom is -0.477 e. The second-order valence-electron chi connectivity index (χ2n) is 15.2. The van der Waals surface area contributed by atoms with Crippen molar-refractivity contribution in [3.63, 3.8) is 0 Å². The van der Waals surface area contributed by atoms with Gasteiger partial charge in [-0.1, -0.05) is 142 Å². The average Bonchev–Trinajstić information content (AvgIpc) is 3.18. The lowest BCUT2D eigenvalue weighted by atomic mass is 10.1. The van der Waals surface area contributed by atoms with Gasteiger partial charge in [0.1, 0.15) is 6.61 Å².